The van der Waals surface area contributed by atoms with Gasteiger partial charge in [0.05, 0.1) is 18.7 Å². The van der Waals surface area contributed by atoms with Crippen molar-refractivity contribution in [3.8, 4) is 11.1 Å². The molecule has 9 heteroatoms. The molecule has 3 aromatic rings. The van der Waals surface area contributed by atoms with Crippen molar-refractivity contribution in [3.05, 3.63) is 57.8 Å². The Morgan fingerprint density at radius 1 is 1.09 bits per heavy atom. The SMILES string of the molecule is CCOC(=O)c1c(NC(=O)COC(=O)Cc2c(C)noc2C)sc(C)c1-c1ccccc1. The molecule has 0 aliphatic carbocycles. The summed E-state index contributed by atoms with van der Waals surface area (Å²) in [5, 5.41) is 6.83. The Labute approximate surface area is 189 Å². The zero-order valence-electron chi connectivity index (χ0n) is 18.3. The molecule has 0 fully saturated rings. The summed E-state index contributed by atoms with van der Waals surface area (Å²) in [7, 11) is 0. The first-order valence-electron chi connectivity index (χ1n) is 10.0. The van der Waals surface area contributed by atoms with Crippen LogP contribution in [0.4, 0.5) is 5.00 Å². The number of carbonyl (C=O) groups is 3. The van der Waals surface area contributed by atoms with Gasteiger partial charge in [-0.3, -0.25) is 9.59 Å². The zero-order valence-corrected chi connectivity index (χ0v) is 19.1. The Hall–Kier alpha value is -3.46. The smallest absolute Gasteiger partial charge is 0.341 e. The summed E-state index contributed by atoms with van der Waals surface area (Å²) in [6.07, 6.45) is -0.0429. The van der Waals surface area contributed by atoms with Crippen LogP contribution in [0.25, 0.3) is 11.1 Å². The average Bonchev–Trinajstić information content (AvgIpc) is 3.26. The number of carbonyl (C=O) groups excluding carboxylic acids is 3. The number of nitrogens with one attached hydrogen (secondary N) is 1. The summed E-state index contributed by atoms with van der Waals surface area (Å²) in [5.74, 6) is -1.12. The maximum absolute atomic E-state index is 12.7. The number of amides is 1. The van der Waals surface area contributed by atoms with Crippen molar-refractivity contribution >= 4 is 34.2 Å². The summed E-state index contributed by atoms with van der Waals surface area (Å²) < 4.78 is 15.3. The second-order valence-corrected chi connectivity index (χ2v) is 8.24. The minimum absolute atomic E-state index is 0.0429. The fraction of sp³-hybridized carbons (Fsp3) is 0.304. The van der Waals surface area contributed by atoms with Gasteiger partial charge in [-0.15, -0.1) is 11.3 Å². The molecule has 1 amide bonds. The van der Waals surface area contributed by atoms with E-state index < -0.39 is 24.5 Å². The first kappa shape index (κ1) is 23.2. The maximum Gasteiger partial charge on any atom is 0.341 e. The lowest BCUT2D eigenvalue weighted by molar-refractivity contribution is -0.146. The lowest BCUT2D eigenvalue weighted by Crippen LogP contribution is -2.22. The number of nitrogens with zero attached hydrogens (tertiary/aromatic N) is 1. The van der Waals surface area contributed by atoms with Crippen LogP contribution in [0, 0.1) is 20.8 Å². The van der Waals surface area contributed by atoms with Gasteiger partial charge in [-0.05, 0) is 33.3 Å². The van der Waals surface area contributed by atoms with E-state index >= 15 is 0 Å². The van der Waals surface area contributed by atoms with Crippen molar-refractivity contribution in [1.82, 2.24) is 5.16 Å². The predicted octanol–water partition coefficient (Wildman–Crippen LogP) is 4.23. The van der Waals surface area contributed by atoms with Crippen LogP contribution < -0.4 is 5.32 Å². The van der Waals surface area contributed by atoms with Gasteiger partial charge >= 0.3 is 11.9 Å². The van der Waals surface area contributed by atoms with E-state index in [4.69, 9.17) is 14.0 Å². The van der Waals surface area contributed by atoms with Gasteiger partial charge < -0.3 is 19.3 Å². The molecule has 0 bridgehead atoms. The molecule has 0 aliphatic rings. The largest absolute Gasteiger partial charge is 0.462 e. The minimum Gasteiger partial charge on any atom is -0.462 e. The number of anilines is 1. The summed E-state index contributed by atoms with van der Waals surface area (Å²) in [6, 6.07) is 9.41. The number of thiophene rings is 1. The van der Waals surface area contributed by atoms with Gasteiger partial charge in [0.2, 0.25) is 0 Å². The van der Waals surface area contributed by atoms with Crippen LogP contribution in [0.2, 0.25) is 0 Å². The van der Waals surface area contributed by atoms with E-state index in [0.29, 0.717) is 27.6 Å². The van der Waals surface area contributed by atoms with Gasteiger partial charge in [0.1, 0.15) is 16.3 Å². The Kier molecular flexibility index (Phi) is 7.42. The molecule has 0 unspecified atom stereocenters. The van der Waals surface area contributed by atoms with Gasteiger partial charge in [-0.1, -0.05) is 35.5 Å². The molecule has 1 aromatic carbocycles. The van der Waals surface area contributed by atoms with E-state index in [1.807, 2.05) is 37.3 Å². The Morgan fingerprint density at radius 2 is 1.81 bits per heavy atom. The first-order valence-corrected chi connectivity index (χ1v) is 10.9. The molecule has 32 heavy (non-hydrogen) atoms. The Morgan fingerprint density at radius 3 is 2.44 bits per heavy atom. The molecule has 168 valence electrons. The van der Waals surface area contributed by atoms with Crippen LogP contribution in [-0.2, 0) is 25.5 Å². The molecule has 8 nitrogen and oxygen atoms in total. The van der Waals surface area contributed by atoms with E-state index in [1.165, 1.54) is 11.3 Å². The first-order chi connectivity index (χ1) is 15.3. The number of aromatic nitrogens is 1. The fourth-order valence-electron chi connectivity index (χ4n) is 3.24. The highest BCUT2D eigenvalue weighted by Crippen LogP contribution is 2.40. The summed E-state index contributed by atoms with van der Waals surface area (Å²) in [6.45, 7) is 6.74. The lowest BCUT2D eigenvalue weighted by atomic mass is 10.0. The topological polar surface area (TPSA) is 108 Å². The minimum atomic E-state index is -0.576. The van der Waals surface area contributed by atoms with E-state index in [0.717, 1.165) is 10.4 Å². The van der Waals surface area contributed by atoms with Crippen molar-refractivity contribution < 1.29 is 28.4 Å². The molecule has 0 atom stereocenters. The second kappa shape index (κ2) is 10.2. The van der Waals surface area contributed by atoms with Crippen molar-refractivity contribution in [2.75, 3.05) is 18.5 Å². The van der Waals surface area contributed by atoms with Crippen molar-refractivity contribution in [2.24, 2.45) is 0 Å². The van der Waals surface area contributed by atoms with Crippen molar-refractivity contribution in [3.63, 3.8) is 0 Å². The van der Waals surface area contributed by atoms with Crippen LogP contribution in [0.5, 0.6) is 0 Å². The highest BCUT2D eigenvalue weighted by atomic mass is 32.1. The normalized spacial score (nSPS) is 10.6. The van der Waals surface area contributed by atoms with E-state index in [-0.39, 0.29) is 18.6 Å². The molecule has 0 saturated carbocycles. The van der Waals surface area contributed by atoms with Crippen molar-refractivity contribution in [1.29, 1.82) is 0 Å². The molecule has 2 aromatic heterocycles. The standard InChI is InChI=1S/C23H24N2O6S/c1-5-29-23(28)21-20(16-9-7-6-8-10-16)15(4)32-22(21)24-18(26)12-30-19(27)11-17-13(2)25-31-14(17)3/h6-10H,5,11-12H2,1-4H3,(H,24,26). The summed E-state index contributed by atoms with van der Waals surface area (Å²) >= 11 is 1.27. The maximum atomic E-state index is 12.7. The Bertz CT molecular complexity index is 1110. The second-order valence-electron chi connectivity index (χ2n) is 7.01. The third-order valence-electron chi connectivity index (χ3n) is 4.75. The molecule has 0 aliphatic heterocycles. The number of hydrogen-bond acceptors (Lipinski definition) is 8. The third-order valence-corrected chi connectivity index (χ3v) is 5.77. The quantitative estimate of drug-likeness (QED) is 0.505. The molecular formula is C23H24N2O6S. The number of ether oxygens (including phenoxy) is 2. The van der Waals surface area contributed by atoms with Gasteiger partial charge in [-0.2, -0.15) is 0 Å². The highest BCUT2D eigenvalue weighted by Gasteiger charge is 2.25. The number of aryl methyl sites for hydroxylation is 3. The van der Waals surface area contributed by atoms with Crippen LogP contribution in [0.15, 0.2) is 34.9 Å². The highest BCUT2D eigenvalue weighted by molar-refractivity contribution is 7.17. The third kappa shape index (κ3) is 5.23. The predicted molar refractivity (Wildman–Crippen MR) is 120 cm³/mol. The zero-order chi connectivity index (χ0) is 23.3. The summed E-state index contributed by atoms with van der Waals surface area (Å²) in [5.41, 5.74) is 3.08. The molecule has 0 saturated heterocycles. The lowest BCUT2D eigenvalue weighted by Gasteiger charge is -2.09. The van der Waals surface area contributed by atoms with E-state index in [1.54, 1.807) is 20.8 Å². The van der Waals surface area contributed by atoms with E-state index in [9.17, 15) is 14.4 Å². The van der Waals surface area contributed by atoms with Gasteiger partial charge in [-0.25, -0.2) is 4.79 Å². The number of esters is 2. The van der Waals surface area contributed by atoms with E-state index in [2.05, 4.69) is 10.5 Å². The fourth-order valence-corrected chi connectivity index (χ4v) is 4.32. The number of hydrogen-bond donors (Lipinski definition) is 1. The van der Waals surface area contributed by atoms with Crippen LogP contribution in [0.1, 0.15) is 39.2 Å². The van der Waals surface area contributed by atoms with Crippen LogP contribution >= 0.6 is 11.3 Å². The van der Waals surface area contributed by atoms with Gasteiger partial charge in [0.25, 0.3) is 5.91 Å². The number of benzene rings is 1. The van der Waals surface area contributed by atoms with Crippen LogP contribution in [-0.4, -0.2) is 36.2 Å². The molecule has 3 rings (SSSR count). The molecule has 2 heterocycles. The van der Waals surface area contributed by atoms with Gasteiger partial charge in [0.15, 0.2) is 6.61 Å². The van der Waals surface area contributed by atoms with Crippen LogP contribution in [0.3, 0.4) is 0 Å². The van der Waals surface area contributed by atoms with Gasteiger partial charge in [0, 0.05) is 16.0 Å². The molecule has 1 N–H and O–H groups in total. The van der Waals surface area contributed by atoms with Crippen molar-refractivity contribution in [2.45, 2.75) is 34.1 Å². The number of rotatable bonds is 8. The average molecular weight is 457 g/mol. The Balaban J connectivity index is 1.74. The molecule has 0 spiro atoms. The molecular weight excluding hydrogens is 432 g/mol. The summed E-state index contributed by atoms with van der Waals surface area (Å²) in [4.78, 5) is 38.2. The molecule has 0 radical (unpaired) electrons. The monoisotopic (exact) mass is 456 g/mol.